The van der Waals surface area contributed by atoms with Crippen LogP contribution in [0.5, 0.6) is 0 Å². The Labute approximate surface area is 87.4 Å². The van der Waals surface area contributed by atoms with Crippen LogP contribution in [0.4, 0.5) is 13.2 Å². The number of halogens is 4. The second-order valence-electron chi connectivity index (χ2n) is 2.70. The average Bonchev–Trinajstić information content (AvgIpc) is 2.07. The van der Waals surface area contributed by atoms with E-state index in [1.807, 2.05) is 0 Å². The summed E-state index contributed by atoms with van der Waals surface area (Å²) in [4.78, 5) is 3.67. The number of nitrogens with zero attached hydrogens (tertiary/aromatic N) is 1. The first-order chi connectivity index (χ1) is 6.46. The molecule has 0 spiro atoms. The molecule has 1 unspecified atom stereocenters. The van der Waals surface area contributed by atoms with Gasteiger partial charge in [-0.25, -0.2) is 0 Å². The normalized spacial score (nSPS) is 14.1. The lowest BCUT2D eigenvalue weighted by atomic mass is 10.0. The summed E-state index contributed by atoms with van der Waals surface area (Å²) >= 11 is 3.01. The van der Waals surface area contributed by atoms with Gasteiger partial charge in [-0.15, -0.1) is 0 Å². The maximum atomic E-state index is 12.4. The van der Waals surface area contributed by atoms with Crippen molar-refractivity contribution in [2.24, 2.45) is 5.73 Å². The van der Waals surface area contributed by atoms with Crippen LogP contribution in [-0.2, 0) is 0 Å². The predicted molar refractivity (Wildman–Crippen MR) is 49.8 cm³/mol. The predicted octanol–water partition coefficient (Wildman–Crippen LogP) is 2.45. The van der Waals surface area contributed by atoms with Crippen LogP contribution in [0.25, 0.3) is 0 Å². The van der Waals surface area contributed by atoms with E-state index < -0.39 is 18.6 Å². The monoisotopic (exact) mass is 268 g/mol. The molecule has 0 fully saturated rings. The van der Waals surface area contributed by atoms with Crippen molar-refractivity contribution >= 4 is 15.9 Å². The van der Waals surface area contributed by atoms with E-state index in [1.54, 1.807) is 6.07 Å². The van der Waals surface area contributed by atoms with Crippen LogP contribution >= 0.6 is 15.9 Å². The number of nitrogens with two attached hydrogens (primary N) is 1. The zero-order chi connectivity index (χ0) is 10.8. The van der Waals surface area contributed by atoms with Crippen LogP contribution in [0.15, 0.2) is 22.8 Å². The fraction of sp³-hybridized carbons (Fsp3) is 0.375. The van der Waals surface area contributed by atoms with Crippen LogP contribution in [0.1, 0.15) is 11.6 Å². The SMILES string of the molecule is NCC(c1ncccc1Br)C(F)(F)F. The zero-order valence-corrected chi connectivity index (χ0v) is 8.64. The molecule has 0 saturated heterocycles. The Morgan fingerprint density at radius 2 is 2.14 bits per heavy atom. The summed E-state index contributed by atoms with van der Waals surface area (Å²) in [5, 5.41) is 0. The van der Waals surface area contributed by atoms with Gasteiger partial charge in [0.15, 0.2) is 0 Å². The third-order valence-corrected chi connectivity index (χ3v) is 2.42. The molecular weight excluding hydrogens is 261 g/mol. The average molecular weight is 269 g/mol. The summed E-state index contributed by atoms with van der Waals surface area (Å²) in [6.45, 7) is -0.501. The molecule has 78 valence electrons. The van der Waals surface area contributed by atoms with Crippen LogP contribution in [0, 0.1) is 0 Å². The third-order valence-electron chi connectivity index (χ3n) is 1.75. The lowest BCUT2D eigenvalue weighted by Gasteiger charge is -2.18. The molecule has 0 bridgehead atoms. The molecule has 2 nitrogen and oxygen atoms in total. The van der Waals surface area contributed by atoms with Crippen molar-refractivity contribution in [3.63, 3.8) is 0 Å². The first-order valence-electron chi connectivity index (χ1n) is 3.84. The highest BCUT2D eigenvalue weighted by Crippen LogP contribution is 2.35. The minimum absolute atomic E-state index is 0.0671. The second-order valence-corrected chi connectivity index (χ2v) is 3.55. The molecule has 2 N–H and O–H groups in total. The van der Waals surface area contributed by atoms with E-state index in [0.29, 0.717) is 4.47 Å². The molecule has 1 aromatic rings. The Kier molecular flexibility index (Phi) is 3.49. The molecule has 0 radical (unpaired) electrons. The Balaban J connectivity index is 3.08. The number of rotatable bonds is 2. The lowest BCUT2D eigenvalue weighted by Crippen LogP contribution is -2.29. The van der Waals surface area contributed by atoms with E-state index in [-0.39, 0.29) is 5.69 Å². The highest BCUT2D eigenvalue weighted by molar-refractivity contribution is 9.10. The van der Waals surface area contributed by atoms with Gasteiger partial charge in [0.05, 0.1) is 5.69 Å². The van der Waals surface area contributed by atoms with Gasteiger partial charge in [0.2, 0.25) is 0 Å². The summed E-state index contributed by atoms with van der Waals surface area (Å²) < 4.78 is 37.7. The summed E-state index contributed by atoms with van der Waals surface area (Å²) in [7, 11) is 0. The van der Waals surface area contributed by atoms with E-state index in [0.717, 1.165) is 0 Å². The van der Waals surface area contributed by atoms with Crippen LogP contribution in [-0.4, -0.2) is 17.7 Å². The van der Waals surface area contributed by atoms with E-state index >= 15 is 0 Å². The molecule has 0 aliphatic rings. The topological polar surface area (TPSA) is 38.9 Å². The Morgan fingerprint density at radius 1 is 1.50 bits per heavy atom. The maximum absolute atomic E-state index is 12.4. The minimum atomic E-state index is -4.36. The second kappa shape index (κ2) is 4.27. The lowest BCUT2D eigenvalue weighted by molar-refractivity contribution is -0.149. The van der Waals surface area contributed by atoms with Crippen molar-refractivity contribution < 1.29 is 13.2 Å². The molecular formula is C8H8BrF3N2. The largest absolute Gasteiger partial charge is 0.398 e. The van der Waals surface area contributed by atoms with Crippen molar-refractivity contribution in [2.75, 3.05) is 6.54 Å². The standard InChI is InChI=1S/C8H8BrF3N2/c9-6-2-1-3-14-7(6)5(4-13)8(10,11)12/h1-3,5H,4,13H2. The van der Waals surface area contributed by atoms with Crippen LogP contribution < -0.4 is 5.73 Å². The third kappa shape index (κ3) is 2.45. The smallest absolute Gasteiger partial charge is 0.329 e. The fourth-order valence-corrected chi connectivity index (χ4v) is 1.59. The van der Waals surface area contributed by atoms with Crippen LogP contribution in [0.2, 0.25) is 0 Å². The highest BCUT2D eigenvalue weighted by atomic mass is 79.9. The van der Waals surface area contributed by atoms with Gasteiger partial charge in [-0.3, -0.25) is 4.98 Å². The number of hydrogen-bond donors (Lipinski definition) is 1. The maximum Gasteiger partial charge on any atom is 0.398 e. The van der Waals surface area contributed by atoms with Crippen molar-refractivity contribution in [2.45, 2.75) is 12.1 Å². The summed E-state index contributed by atoms with van der Waals surface area (Å²) in [5.74, 6) is -1.71. The van der Waals surface area contributed by atoms with Gasteiger partial charge in [-0.2, -0.15) is 13.2 Å². The van der Waals surface area contributed by atoms with Crippen LogP contribution in [0.3, 0.4) is 0 Å². The molecule has 1 aromatic heterocycles. The minimum Gasteiger partial charge on any atom is -0.329 e. The summed E-state index contributed by atoms with van der Waals surface area (Å²) in [6.07, 6.45) is -3.04. The van der Waals surface area contributed by atoms with Gasteiger partial charge in [-0.1, -0.05) is 0 Å². The zero-order valence-electron chi connectivity index (χ0n) is 7.05. The number of pyridine rings is 1. The molecule has 14 heavy (non-hydrogen) atoms. The summed E-state index contributed by atoms with van der Waals surface area (Å²) in [6, 6.07) is 3.06. The van der Waals surface area contributed by atoms with E-state index in [4.69, 9.17) is 5.73 Å². The Hall–Kier alpha value is -0.620. The van der Waals surface area contributed by atoms with Gasteiger partial charge in [0.25, 0.3) is 0 Å². The van der Waals surface area contributed by atoms with Gasteiger partial charge in [0, 0.05) is 17.2 Å². The Bertz CT molecular complexity index is 314. The van der Waals surface area contributed by atoms with Crippen molar-refractivity contribution in [1.82, 2.24) is 4.98 Å². The van der Waals surface area contributed by atoms with Gasteiger partial charge >= 0.3 is 6.18 Å². The van der Waals surface area contributed by atoms with Gasteiger partial charge in [0.1, 0.15) is 5.92 Å². The number of hydrogen-bond acceptors (Lipinski definition) is 2. The fourth-order valence-electron chi connectivity index (χ4n) is 1.05. The highest BCUT2D eigenvalue weighted by Gasteiger charge is 2.41. The molecule has 0 aliphatic carbocycles. The first-order valence-corrected chi connectivity index (χ1v) is 4.63. The van der Waals surface area contributed by atoms with E-state index in [9.17, 15) is 13.2 Å². The first kappa shape index (κ1) is 11.5. The van der Waals surface area contributed by atoms with Crippen molar-refractivity contribution in [3.05, 3.63) is 28.5 Å². The van der Waals surface area contributed by atoms with Gasteiger partial charge < -0.3 is 5.73 Å². The molecule has 1 rings (SSSR count). The van der Waals surface area contributed by atoms with E-state index in [2.05, 4.69) is 20.9 Å². The molecule has 1 heterocycles. The Morgan fingerprint density at radius 3 is 2.57 bits per heavy atom. The number of alkyl halides is 3. The van der Waals surface area contributed by atoms with Crippen molar-refractivity contribution in [1.29, 1.82) is 0 Å². The summed E-state index contributed by atoms with van der Waals surface area (Å²) in [5.41, 5.74) is 5.01. The van der Waals surface area contributed by atoms with Gasteiger partial charge in [-0.05, 0) is 28.1 Å². The number of aromatic nitrogens is 1. The quantitative estimate of drug-likeness (QED) is 0.895. The molecule has 1 atom stereocenters. The molecule has 6 heteroatoms. The molecule has 0 saturated carbocycles. The van der Waals surface area contributed by atoms with Crippen molar-refractivity contribution in [3.8, 4) is 0 Å². The molecule has 0 aliphatic heterocycles. The van der Waals surface area contributed by atoms with E-state index in [1.165, 1.54) is 12.3 Å². The molecule has 0 amide bonds. The molecule has 0 aromatic carbocycles.